The van der Waals surface area contributed by atoms with Crippen molar-refractivity contribution in [2.45, 2.75) is 20.0 Å². The molecule has 0 saturated carbocycles. The number of fused-ring (bicyclic) bond motifs is 2. The van der Waals surface area contributed by atoms with Crippen molar-refractivity contribution < 1.29 is 23.4 Å². The van der Waals surface area contributed by atoms with Crippen LogP contribution in [0.15, 0.2) is 65.5 Å². The summed E-state index contributed by atoms with van der Waals surface area (Å²) in [5, 5.41) is 17.3. The molecule has 3 aromatic carbocycles. The van der Waals surface area contributed by atoms with Crippen LogP contribution in [0.2, 0.25) is 0 Å². The zero-order valence-corrected chi connectivity index (χ0v) is 19.5. The molecule has 5 aromatic rings. The predicted molar refractivity (Wildman–Crippen MR) is 134 cm³/mol. The van der Waals surface area contributed by atoms with Gasteiger partial charge in [0, 0.05) is 23.9 Å². The number of alkyl halides is 2. The Labute approximate surface area is 208 Å². The number of carboxylic acid groups (broad SMARTS) is 1. The lowest BCUT2D eigenvalue weighted by atomic mass is 9.98. The summed E-state index contributed by atoms with van der Waals surface area (Å²) >= 11 is 0. The van der Waals surface area contributed by atoms with Gasteiger partial charge in [-0.1, -0.05) is 30.3 Å². The van der Waals surface area contributed by atoms with Crippen LogP contribution in [0.3, 0.4) is 0 Å². The summed E-state index contributed by atoms with van der Waals surface area (Å²) in [7, 11) is 0. The summed E-state index contributed by atoms with van der Waals surface area (Å²) in [4.78, 5) is 32.0. The molecule has 3 N–H and O–H groups in total. The van der Waals surface area contributed by atoms with E-state index in [1.807, 2.05) is 12.1 Å². The number of rotatable bonds is 7. The van der Waals surface area contributed by atoms with E-state index in [0.29, 0.717) is 45.0 Å². The fourth-order valence-corrected chi connectivity index (χ4v) is 4.27. The molecule has 2 aromatic heterocycles. The second-order valence-corrected chi connectivity index (χ2v) is 8.25. The standard InChI is InChI=1S/C26H21F2N5O4/c1-2-33(26(35)36)25-29-19-9-8-15(13-21(19)30-25)18-11-14(7-10-22(18)37-24(27)28)12-20-16-5-3-4-6-17(16)23(34)32-31-20/h3-11,13,24H,2,12H2,1H3,(H,29,30)(H,32,34)(H,35,36). The molecule has 2 heterocycles. The van der Waals surface area contributed by atoms with Crippen molar-refractivity contribution in [3.63, 3.8) is 0 Å². The molecule has 9 nitrogen and oxygen atoms in total. The lowest BCUT2D eigenvalue weighted by Gasteiger charge is -2.13. The molecule has 0 bridgehead atoms. The first-order valence-corrected chi connectivity index (χ1v) is 11.4. The summed E-state index contributed by atoms with van der Waals surface area (Å²) in [5.74, 6) is 0.143. The van der Waals surface area contributed by atoms with E-state index < -0.39 is 12.7 Å². The molecule has 1 amide bonds. The highest BCUT2D eigenvalue weighted by molar-refractivity contribution is 5.89. The maximum absolute atomic E-state index is 13.2. The highest BCUT2D eigenvalue weighted by Gasteiger charge is 2.18. The predicted octanol–water partition coefficient (Wildman–Crippen LogP) is 5.16. The number of aromatic amines is 2. The van der Waals surface area contributed by atoms with Gasteiger partial charge in [0.25, 0.3) is 5.56 Å². The molecule has 0 unspecified atom stereocenters. The molecule has 188 valence electrons. The number of aromatic nitrogens is 4. The first kappa shape index (κ1) is 23.9. The Morgan fingerprint density at radius 3 is 2.62 bits per heavy atom. The third-order valence-electron chi connectivity index (χ3n) is 5.99. The number of benzene rings is 3. The molecule has 37 heavy (non-hydrogen) atoms. The summed E-state index contributed by atoms with van der Waals surface area (Å²) < 4.78 is 31.2. The van der Waals surface area contributed by atoms with Crippen molar-refractivity contribution in [3.8, 4) is 16.9 Å². The number of ether oxygens (including phenoxy) is 1. The van der Waals surface area contributed by atoms with E-state index >= 15 is 0 Å². The van der Waals surface area contributed by atoms with Gasteiger partial charge in [-0.2, -0.15) is 13.9 Å². The molecular formula is C26H21F2N5O4. The van der Waals surface area contributed by atoms with Crippen molar-refractivity contribution in [2.75, 3.05) is 11.4 Å². The van der Waals surface area contributed by atoms with Crippen molar-refractivity contribution in [2.24, 2.45) is 0 Å². The van der Waals surface area contributed by atoms with Gasteiger partial charge in [-0.15, -0.1) is 0 Å². The number of carbonyl (C=O) groups is 1. The first-order chi connectivity index (χ1) is 17.8. The van der Waals surface area contributed by atoms with E-state index in [1.165, 1.54) is 6.07 Å². The number of hydrogen-bond donors (Lipinski definition) is 3. The average molecular weight is 505 g/mol. The largest absolute Gasteiger partial charge is 0.465 e. The molecular weight excluding hydrogens is 484 g/mol. The zero-order valence-electron chi connectivity index (χ0n) is 19.5. The van der Waals surface area contributed by atoms with Gasteiger partial charge in [-0.25, -0.2) is 19.8 Å². The Balaban J connectivity index is 1.57. The monoisotopic (exact) mass is 505 g/mol. The molecule has 0 spiro atoms. The van der Waals surface area contributed by atoms with Gasteiger partial charge < -0.3 is 14.8 Å². The molecule has 11 heteroatoms. The van der Waals surface area contributed by atoms with Crippen LogP contribution >= 0.6 is 0 Å². The van der Waals surface area contributed by atoms with Crippen LogP contribution in [0, 0.1) is 0 Å². The molecule has 0 atom stereocenters. The van der Waals surface area contributed by atoms with Crippen LogP contribution in [0.5, 0.6) is 5.75 Å². The van der Waals surface area contributed by atoms with Crippen LogP contribution in [0.1, 0.15) is 18.2 Å². The van der Waals surface area contributed by atoms with Crippen LogP contribution in [0.25, 0.3) is 32.9 Å². The SMILES string of the molecule is CCN(C(=O)O)c1nc2cc(-c3cc(Cc4n[nH]c(=O)c5ccccc45)ccc3OC(F)F)ccc2[nH]1. The van der Waals surface area contributed by atoms with Crippen LogP contribution in [0.4, 0.5) is 19.5 Å². The van der Waals surface area contributed by atoms with Gasteiger partial charge >= 0.3 is 12.7 Å². The number of nitrogens with zero attached hydrogens (tertiary/aromatic N) is 3. The van der Waals surface area contributed by atoms with E-state index in [0.717, 1.165) is 10.5 Å². The van der Waals surface area contributed by atoms with E-state index in [4.69, 9.17) is 4.74 Å². The Bertz CT molecular complexity index is 1680. The minimum atomic E-state index is -3.02. The number of anilines is 1. The number of amides is 1. The van der Waals surface area contributed by atoms with Crippen LogP contribution in [-0.2, 0) is 6.42 Å². The molecule has 0 radical (unpaired) electrons. The number of imidazole rings is 1. The Morgan fingerprint density at radius 1 is 1.11 bits per heavy atom. The summed E-state index contributed by atoms with van der Waals surface area (Å²) in [6.45, 7) is -1.14. The topological polar surface area (TPSA) is 124 Å². The van der Waals surface area contributed by atoms with E-state index in [9.17, 15) is 23.5 Å². The fourth-order valence-electron chi connectivity index (χ4n) is 4.27. The van der Waals surface area contributed by atoms with Crippen LogP contribution in [-0.4, -0.2) is 44.5 Å². The van der Waals surface area contributed by atoms with Crippen molar-refractivity contribution in [3.05, 3.63) is 82.3 Å². The van der Waals surface area contributed by atoms with Gasteiger partial charge in [0.15, 0.2) is 0 Å². The molecule has 0 aliphatic carbocycles. The maximum Gasteiger partial charge on any atom is 0.414 e. The molecule has 5 rings (SSSR count). The van der Waals surface area contributed by atoms with Crippen molar-refractivity contribution in [1.82, 2.24) is 20.2 Å². The number of hydrogen-bond acceptors (Lipinski definition) is 5. The second-order valence-electron chi connectivity index (χ2n) is 8.25. The van der Waals surface area contributed by atoms with Gasteiger partial charge in [0.1, 0.15) is 5.75 Å². The lowest BCUT2D eigenvalue weighted by molar-refractivity contribution is -0.0494. The van der Waals surface area contributed by atoms with Gasteiger partial charge in [-0.3, -0.25) is 4.79 Å². The maximum atomic E-state index is 13.2. The quantitative estimate of drug-likeness (QED) is 0.281. The smallest absolute Gasteiger partial charge is 0.414 e. The summed E-state index contributed by atoms with van der Waals surface area (Å²) in [6.07, 6.45) is -0.816. The Hall–Kier alpha value is -4.80. The molecule has 0 aliphatic rings. The van der Waals surface area contributed by atoms with E-state index in [1.54, 1.807) is 49.4 Å². The first-order valence-electron chi connectivity index (χ1n) is 11.4. The van der Waals surface area contributed by atoms with Crippen LogP contribution < -0.4 is 15.2 Å². The highest BCUT2D eigenvalue weighted by Crippen LogP contribution is 2.35. The summed E-state index contributed by atoms with van der Waals surface area (Å²) in [6, 6.07) is 17.1. The fraction of sp³-hybridized carbons (Fsp3) is 0.154. The molecule has 0 aliphatic heterocycles. The third kappa shape index (κ3) is 4.70. The van der Waals surface area contributed by atoms with Crippen molar-refractivity contribution in [1.29, 1.82) is 0 Å². The minimum absolute atomic E-state index is 0.0196. The summed E-state index contributed by atoms with van der Waals surface area (Å²) in [5.41, 5.74) is 3.11. The van der Waals surface area contributed by atoms with Crippen molar-refractivity contribution >= 4 is 33.8 Å². The Kier molecular flexibility index (Phi) is 6.26. The number of H-pyrrole nitrogens is 2. The van der Waals surface area contributed by atoms with Gasteiger partial charge in [0.05, 0.1) is 22.1 Å². The average Bonchev–Trinajstić information content (AvgIpc) is 3.29. The van der Waals surface area contributed by atoms with E-state index in [-0.39, 0.29) is 23.8 Å². The molecule has 0 fully saturated rings. The zero-order chi connectivity index (χ0) is 26.1. The molecule has 0 saturated heterocycles. The van der Waals surface area contributed by atoms with E-state index in [2.05, 4.69) is 20.2 Å². The minimum Gasteiger partial charge on any atom is -0.465 e. The normalized spacial score (nSPS) is 11.4. The van der Waals surface area contributed by atoms with Gasteiger partial charge in [0.2, 0.25) is 5.95 Å². The third-order valence-corrected chi connectivity index (χ3v) is 5.99. The second kappa shape index (κ2) is 9.69. The Morgan fingerprint density at radius 2 is 1.89 bits per heavy atom. The highest BCUT2D eigenvalue weighted by atomic mass is 19.3. The lowest BCUT2D eigenvalue weighted by Crippen LogP contribution is -2.29. The number of halogens is 2. The van der Waals surface area contributed by atoms with Gasteiger partial charge in [-0.05, 0) is 48.4 Å². The number of nitrogens with one attached hydrogen (secondary N) is 2.